The lowest BCUT2D eigenvalue weighted by Crippen LogP contribution is -2.03. The zero-order valence-electron chi connectivity index (χ0n) is 9.18. The van der Waals surface area contributed by atoms with Crippen molar-refractivity contribution in [2.45, 2.75) is 6.54 Å². The Morgan fingerprint density at radius 1 is 1.17 bits per heavy atom. The maximum Gasteiger partial charge on any atom is 0.164 e. The number of nitrogens with one attached hydrogen (secondary N) is 1. The molecule has 0 amide bonds. The molecule has 0 atom stereocenters. The van der Waals surface area contributed by atoms with Crippen LogP contribution in [-0.2, 0) is 6.54 Å². The lowest BCUT2D eigenvalue weighted by molar-refractivity contribution is 0.610. The summed E-state index contributed by atoms with van der Waals surface area (Å²) < 4.78 is 27.8. The predicted octanol–water partition coefficient (Wildman–Crippen LogP) is 4.99. The number of benzene rings is 2. The molecular weight excluding hydrogens is 324 g/mol. The first kappa shape index (κ1) is 13.3. The van der Waals surface area contributed by atoms with Crippen LogP contribution in [0.5, 0.6) is 0 Å². The van der Waals surface area contributed by atoms with E-state index in [-0.39, 0.29) is 23.1 Å². The van der Waals surface area contributed by atoms with Crippen LogP contribution in [0.25, 0.3) is 0 Å². The van der Waals surface area contributed by atoms with Crippen LogP contribution in [-0.4, -0.2) is 0 Å². The molecule has 18 heavy (non-hydrogen) atoms. The summed E-state index contributed by atoms with van der Waals surface area (Å²) in [7, 11) is 0. The third-order valence-corrected chi connectivity index (χ3v) is 3.21. The summed E-state index contributed by atoms with van der Waals surface area (Å²) in [5.74, 6) is -0.872. The summed E-state index contributed by atoms with van der Waals surface area (Å²) in [6, 6.07) is 9.25. The molecule has 1 nitrogen and oxygen atoms in total. The third-order valence-electron chi connectivity index (χ3n) is 2.43. The highest BCUT2D eigenvalue weighted by Gasteiger charge is 2.07. The Morgan fingerprint density at radius 2 is 1.94 bits per heavy atom. The molecule has 0 aliphatic carbocycles. The molecule has 2 aromatic carbocycles. The molecule has 0 heterocycles. The molecule has 1 N–H and O–H groups in total. The van der Waals surface area contributed by atoms with Crippen molar-refractivity contribution >= 4 is 33.2 Å². The molecular formula is C13H9BrClF2N. The summed E-state index contributed by atoms with van der Waals surface area (Å²) in [5, 5.41) is 2.85. The van der Waals surface area contributed by atoms with Crippen molar-refractivity contribution in [2.75, 3.05) is 5.32 Å². The largest absolute Gasteiger partial charge is 0.378 e. The second kappa shape index (κ2) is 5.67. The minimum Gasteiger partial charge on any atom is -0.378 e. The van der Waals surface area contributed by atoms with E-state index in [1.54, 1.807) is 24.3 Å². The first-order chi connectivity index (χ1) is 8.58. The summed E-state index contributed by atoms with van der Waals surface area (Å²) >= 11 is 8.91. The number of hydrogen-bond acceptors (Lipinski definition) is 1. The predicted molar refractivity (Wildman–Crippen MR) is 72.8 cm³/mol. The number of rotatable bonds is 3. The van der Waals surface area contributed by atoms with Crippen LogP contribution in [0.4, 0.5) is 14.5 Å². The Morgan fingerprint density at radius 3 is 2.72 bits per heavy atom. The zero-order chi connectivity index (χ0) is 13.1. The van der Waals surface area contributed by atoms with Crippen molar-refractivity contribution in [1.82, 2.24) is 0 Å². The van der Waals surface area contributed by atoms with E-state index in [9.17, 15) is 8.78 Å². The van der Waals surface area contributed by atoms with Crippen molar-refractivity contribution in [3.05, 3.63) is 63.1 Å². The normalized spacial score (nSPS) is 10.4. The van der Waals surface area contributed by atoms with Crippen molar-refractivity contribution in [1.29, 1.82) is 0 Å². The molecule has 0 spiro atoms. The van der Waals surface area contributed by atoms with E-state index in [1.807, 2.05) is 0 Å². The van der Waals surface area contributed by atoms with Gasteiger partial charge < -0.3 is 5.32 Å². The molecule has 0 saturated carbocycles. The molecule has 0 aromatic heterocycles. The monoisotopic (exact) mass is 331 g/mol. The lowest BCUT2D eigenvalue weighted by Gasteiger charge is -2.09. The fourth-order valence-corrected chi connectivity index (χ4v) is 2.09. The van der Waals surface area contributed by atoms with E-state index < -0.39 is 5.82 Å². The van der Waals surface area contributed by atoms with Crippen LogP contribution in [0.2, 0.25) is 5.02 Å². The van der Waals surface area contributed by atoms with Gasteiger partial charge in [0, 0.05) is 16.6 Å². The van der Waals surface area contributed by atoms with Gasteiger partial charge in [-0.05, 0) is 30.3 Å². The summed E-state index contributed by atoms with van der Waals surface area (Å²) in [5.41, 5.74) is 0.700. The average molecular weight is 333 g/mol. The van der Waals surface area contributed by atoms with Crippen molar-refractivity contribution < 1.29 is 8.78 Å². The Kier molecular flexibility index (Phi) is 4.19. The highest BCUT2D eigenvalue weighted by atomic mass is 79.9. The Labute approximate surface area is 117 Å². The minimum atomic E-state index is -0.533. The Balaban J connectivity index is 2.16. The van der Waals surface area contributed by atoms with Crippen molar-refractivity contribution in [3.8, 4) is 0 Å². The van der Waals surface area contributed by atoms with Gasteiger partial charge in [0.25, 0.3) is 0 Å². The number of hydrogen-bond donors (Lipinski definition) is 1. The lowest BCUT2D eigenvalue weighted by atomic mass is 10.2. The van der Waals surface area contributed by atoms with Gasteiger partial charge in [0.1, 0.15) is 5.82 Å². The molecule has 2 aromatic rings. The fourth-order valence-electron chi connectivity index (χ4n) is 1.51. The van der Waals surface area contributed by atoms with Crippen LogP contribution in [0.1, 0.15) is 5.56 Å². The van der Waals surface area contributed by atoms with Gasteiger partial charge in [-0.3, -0.25) is 0 Å². The highest BCUT2D eigenvalue weighted by molar-refractivity contribution is 9.10. The number of halogens is 4. The molecule has 0 radical (unpaired) electrons. The quantitative estimate of drug-likeness (QED) is 0.834. The standard InChI is InChI=1S/C13H9BrClF2N/c14-9-4-5-11(16)8(6-9)7-18-12-3-1-2-10(15)13(12)17/h1-6,18H,7H2. The van der Waals surface area contributed by atoms with Gasteiger partial charge in [-0.25, -0.2) is 8.78 Å². The van der Waals surface area contributed by atoms with E-state index >= 15 is 0 Å². The summed E-state index contributed by atoms with van der Waals surface area (Å²) in [6.45, 7) is 0.183. The van der Waals surface area contributed by atoms with Crippen LogP contribution < -0.4 is 5.32 Å². The van der Waals surface area contributed by atoms with Crippen molar-refractivity contribution in [3.63, 3.8) is 0 Å². The van der Waals surface area contributed by atoms with E-state index in [2.05, 4.69) is 21.2 Å². The van der Waals surface area contributed by atoms with Crippen LogP contribution in [0.3, 0.4) is 0 Å². The molecule has 0 bridgehead atoms. The molecule has 0 unspecified atom stereocenters. The molecule has 0 aliphatic rings. The molecule has 94 valence electrons. The van der Waals surface area contributed by atoms with Gasteiger partial charge in [0.05, 0.1) is 10.7 Å². The molecule has 5 heteroatoms. The average Bonchev–Trinajstić information content (AvgIpc) is 2.35. The van der Waals surface area contributed by atoms with Crippen LogP contribution >= 0.6 is 27.5 Å². The van der Waals surface area contributed by atoms with E-state index in [0.29, 0.717) is 5.56 Å². The summed E-state index contributed by atoms with van der Waals surface area (Å²) in [4.78, 5) is 0. The van der Waals surface area contributed by atoms with E-state index in [1.165, 1.54) is 12.1 Å². The Hall–Kier alpha value is -1.13. The maximum atomic E-state index is 13.6. The van der Waals surface area contributed by atoms with Crippen LogP contribution in [0, 0.1) is 11.6 Å². The maximum absolute atomic E-state index is 13.6. The van der Waals surface area contributed by atoms with Gasteiger partial charge >= 0.3 is 0 Å². The molecule has 2 rings (SSSR count). The van der Waals surface area contributed by atoms with E-state index in [0.717, 1.165) is 4.47 Å². The van der Waals surface area contributed by atoms with Gasteiger partial charge in [-0.2, -0.15) is 0 Å². The number of anilines is 1. The Bertz CT molecular complexity index is 573. The van der Waals surface area contributed by atoms with Crippen LogP contribution in [0.15, 0.2) is 40.9 Å². The smallest absolute Gasteiger partial charge is 0.164 e. The summed E-state index contributed by atoms with van der Waals surface area (Å²) in [6.07, 6.45) is 0. The fraction of sp³-hybridized carbons (Fsp3) is 0.0769. The van der Waals surface area contributed by atoms with Crippen molar-refractivity contribution in [2.24, 2.45) is 0 Å². The van der Waals surface area contributed by atoms with Gasteiger partial charge in [-0.15, -0.1) is 0 Å². The van der Waals surface area contributed by atoms with Gasteiger partial charge in [-0.1, -0.05) is 33.6 Å². The molecule has 0 aliphatic heterocycles. The van der Waals surface area contributed by atoms with E-state index in [4.69, 9.17) is 11.6 Å². The minimum absolute atomic E-state index is 0.0368. The SMILES string of the molecule is Fc1ccc(Br)cc1CNc1cccc(Cl)c1F. The first-order valence-corrected chi connectivity index (χ1v) is 6.37. The first-order valence-electron chi connectivity index (χ1n) is 5.20. The van der Waals surface area contributed by atoms with Gasteiger partial charge in [0.15, 0.2) is 5.82 Å². The molecule has 0 saturated heterocycles. The third kappa shape index (κ3) is 3.00. The van der Waals surface area contributed by atoms with Gasteiger partial charge in [0.2, 0.25) is 0 Å². The second-order valence-corrected chi connectivity index (χ2v) is 5.01. The second-order valence-electron chi connectivity index (χ2n) is 3.69. The highest BCUT2D eigenvalue weighted by Crippen LogP contribution is 2.23. The molecule has 0 fully saturated rings. The zero-order valence-corrected chi connectivity index (χ0v) is 11.5. The topological polar surface area (TPSA) is 12.0 Å².